The minimum Gasteiger partial charge on any atom is -0.350 e. The molecule has 0 radical (unpaired) electrons. The van der Waals surface area contributed by atoms with Crippen LogP contribution < -0.4 is 9.62 Å². The molecule has 1 aliphatic heterocycles. The van der Waals surface area contributed by atoms with Crippen LogP contribution >= 0.6 is 0 Å². The number of halogens is 1. The minimum atomic E-state index is -3.92. The van der Waals surface area contributed by atoms with Crippen LogP contribution in [0.2, 0.25) is 0 Å². The van der Waals surface area contributed by atoms with E-state index in [4.69, 9.17) is 0 Å². The van der Waals surface area contributed by atoms with Crippen molar-refractivity contribution in [2.45, 2.75) is 17.7 Å². The summed E-state index contributed by atoms with van der Waals surface area (Å²) >= 11 is 0. The van der Waals surface area contributed by atoms with E-state index in [1.807, 2.05) is 0 Å². The van der Waals surface area contributed by atoms with Crippen LogP contribution in [0.25, 0.3) is 0 Å². The van der Waals surface area contributed by atoms with Gasteiger partial charge in [0.2, 0.25) is 5.91 Å². The Bertz CT molecular complexity index is 1010. The van der Waals surface area contributed by atoms with Gasteiger partial charge < -0.3 is 10.2 Å². The van der Waals surface area contributed by atoms with Crippen LogP contribution in [-0.2, 0) is 14.8 Å². The molecule has 0 aliphatic carbocycles. The first kappa shape index (κ1) is 20.8. The molecule has 0 aromatic heterocycles. The smallest absolute Gasteiger partial charge is 0.264 e. The van der Waals surface area contributed by atoms with E-state index in [-0.39, 0.29) is 22.9 Å². The largest absolute Gasteiger partial charge is 0.350 e. The molecule has 1 aliphatic rings. The predicted molar refractivity (Wildman–Crippen MR) is 107 cm³/mol. The lowest BCUT2D eigenvalue weighted by Crippen LogP contribution is -2.35. The number of benzene rings is 2. The van der Waals surface area contributed by atoms with Gasteiger partial charge in [0, 0.05) is 38.7 Å². The molecule has 1 N–H and O–H groups in total. The average molecular weight is 419 g/mol. The first-order valence-corrected chi connectivity index (χ1v) is 10.6. The Morgan fingerprint density at radius 2 is 1.93 bits per heavy atom. The molecular weight excluding hydrogens is 397 g/mol. The molecule has 0 atom stereocenters. The number of rotatable bonds is 7. The van der Waals surface area contributed by atoms with Gasteiger partial charge in [-0.3, -0.25) is 13.9 Å². The molecule has 0 bridgehead atoms. The summed E-state index contributed by atoms with van der Waals surface area (Å²) in [6.07, 6.45) is 1.36. The summed E-state index contributed by atoms with van der Waals surface area (Å²) in [5, 5.41) is 2.71. The van der Waals surface area contributed by atoms with Crippen molar-refractivity contribution in [3.63, 3.8) is 0 Å². The zero-order valence-corrected chi connectivity index (χ0v) is 16.8. The fourth-order valence-electron chi connectivity index (χ4n) is 3.09. The Kier molecular flexibility index (Phi) is 6.17. The van der Waals surface area contributed by atoms with Crippen molar-refractivity contribution < 1.29 is 22.4 Å². The van der Waals surface area contributed by atoms with Crippen LogP contribution in [0.4, 0.5) is 10.1 Å². The third kappa shape index (κ3) is 4.73. The topological polar surface area (TPSA) is 86.8 Å². The summed E-state index contributed by atoms with van der Waals surface area (Å²) in [5.41, 5.74) is 0.503. The summed E-state index contributed by atoms with van der Waals surface area (Å²) in [5.74, 6) is -0.803. The van der Waals surface area contributed by atoms with E-state index in [1.54, 1.807) is 4.90 Å². The number of hydrogen-bond acceptors (Lipinski definition) is 4. The highest BCUT2D eigenvalue weighted by atomic mass is 32.2. The zero-order valence-electron chi connectivity index (χ0n) is 16.0. The third-order valence-electron chi connectivity index (χ3n) is 4.78. The molecule has 2 aromatic rings. The van der Waals surface area contributed by atoms with Gasteiger partial charge in [-0.25, -0.2) is 12.8 Å². The van der Waals surface area contributed by atoms with Crippen molar-refractivity contribution in [1.82, 2.24) is 10.2 Å². The highest BCUT2D eigenvalue weighted by Gasteiger charge is 2.23. The number of anilines is 1. The Balaban J connectivity index is 1.69. The van der Waals surface area contributed by atoms with Gasteiger partial charge in [-0.15, -0.1) is 0 Å². The van der Waals surface area contributed by atoms with E-state index in [9.17, 15) is 22.4 Å². The van der Waals surface area contributed by atoms with Gasteiger partial charge in [-0.1, -0.05) is 6.07 Å². The molecule has 2 amide bonds. The molecule has 1 saturated heterocycles. The van der Waals surface area contributed by atoms with Crippen molar-refractivity contribution in [1.29, 1.82) is 0 Å². The maximum absolute atomic E-state index is 13.1. The number of amides is 2. The summed E-state index contributed by atoms with van der Waals surface area (Å²) in [4.78, 5) is 25.6. The van der Waals surface area contributed by atoms with Crippen molar-refractivity contribution in [3.05, 3.63) is 59.9 Å². The Labute approximate surface area is 169 Å². The summed E-state index contributed by atoms with van der Waals surface area (Å²) in [6, 6.07) is 10.8. The molecule has 29 heavy (non-hydrogen) atoms. The first-order valence-electron chi connectivity index (χ1n) is 9.19. The van der Waals surface area contributed by atoms with Crippen molar-refractivity contribution in [3.8, 4) is 0 Å². The lowest BCUT2D eigenvalue weighted by molar-refractivity contribution is -0.127. The van der Waals surface area contributed by atoms with Gasteiger partial charge in [0.15, 0.2) is 0 Å². The molecule has 0 spiro atoms. The quantitative estimate of drug-likeness (QED) is 0.744. The van der Waals surface area contributed by atoms with Gasteiger partial charge in [0.25, 0.3) is 15.9 Å². The monoisotopic (exact) mass is 419 g/mol. The number of nitrogens with one attached hydrogen (secondary N) is 1. The molecule has 154 valence electrons. The second-order valence-electron chi connectivity index (χ2n) is 6.72. The van der Waals surface area contributed by atoms with Crippen molar-refractivity contribution >= 4 is 27.5 Å². The normalized spacial score (nSPS) is 14.1. The Morgan fingerprint density at radius 1 is 1.21 bits per heavy atom. The van der Waals surface area contributed by atoms with E-state index in [0.717, 1.165) is 10.7 Å². The molecule has 2 aromatic carbocycles. The molecular formula is C20H22FN3O4S. The minimum absolute atomic E-state index is 0.0494. The van der Waals surface area contributed by atoms with E-state index in [0.29, 0.717) is 25.2 Å². The summed E-state index contributed by atoms with van der Waals surface area (Å²) in [7, 11) is -2.56. The fourth-order valence-corrected chi connectivity index (χ4v) is 4.33. The Morgan fingerprint density at radius 3 is 2.59 bits per heavy atom. The lowest BCUT2D eigenvalue weighted by Gasteiger charge is -2.20. The fraction of sp³-hybridized carbons (Fsp3) is 0.300. The summed E-state index contributed by atoms with van der Waals surface area (Å²) in [6.45, 7) is 1.41. The SMILES string of the molecule is CN(c1ccc(F)cc1)S(=O)(=O)c1cccc(C(=O)NCCN2CCCC2=O)c1. The van der Waals surface area contributed by atoms with E-state index in [1.165, 1.54) is 55.6 Å². The molecule has 9 heteroatoms. The molecule has 0 saturated carbocycles. The maximum Gasteiger partial charge on any atom is 0.264 e. The number of carbonyl (C=O) groups is 2. The molecule has 7 nitrogen and oxygen atoms in total. The number of hydrogen-bond donors (Lipinski definition) is 1. The van der Waals surface area contributed by atoms with Crippen LogP contribution in [-0.4, -0.2) is 51.8 Å². The first-order chi connectivity index (χ1) is 13.8. The lowest BCUT2D eigenvalue weighted by atomic mass is 10.2. The molecule has 1 heterocycles. The standard InChI is InChI=1S/C20H22FN3O4S/c1-23(17-9-7-16(21)8-10-17)29(27,28)18-5-2-4-15(14-18)20(26)22-11-13-24-12-3-6-19(24)25/h2,4-5,7-10,14H,3,6,11-13H2,1H3,(H,22,26). The van der Waals surface area contributed by atoms with Crippen molar-refractivity contribution in [2.75, 3.05) is 31.0 Å². The highest BCUT2D eigenvalue weighted by molar-refractivity contribution is 7.92. The van der Waals surface area contributed by atoms with Gasteiger partial charge >= 0.3 is 0 Å². The van der Waals surface area contributed by atoms with E-state index in [2.05, 4.69) is 5.32 Å². The number of likely N-dealkylation sites (tertiary alicyclic amines) is 1. The van der Waals surface area contributed by atoms with Gasteiger partial charge in [-0.2, -0.15) is 0 Å². The number of sulfonamides is 1. The van der Waals surface area contributed by atoms with Crippen molar-refractivity contribution in [2.24, 2.45) is 0 Å². The second kappa shape index (κ2) is 8.60. The average Bonchev–Trinajstić information content (AvgIpc) is 3.13. The van der Waals surface area contributed by atoms with E-state index >= 15 is 0 Å². The van der Waals surface area contributed by atoms with Crippen LogP contribution in [0.15, 0.2) is 53.4 Å². The third-order valence-corrected chi connectivity index (χ3v) is 6.57. The molecule has 1 fully saturated rings. The predicted octanol–water partition coefficient (Wildman–Crippen LogP) is 2.00. The molecule has 3 rings (SSSR count). The second-order valence-corrected chi connectivity index (χ2v) is 8.69. The van der Waals surface area contributed by atoms with Crippen LogP contribution in [0, 0.1) is 5.82 Å². The van der Waals surface area contributed by atoms with Crippen LogP contribution in [0.1, 0.15) is 23.2 Å². The maximum atomic E-state index is 13.1. The van der Waals surface area contributed by atoms with Gasteiger partial charge in [0.05, 0.1) is 10.6 Å². The van der Waals surface area contributed by atoms with Crippen LogP contribution in [0.5, 0.6) is 0 Å². The zero-order chi connectivity index (χ0) is 21.0. The number of carbonyl (C=O) groups excluding carboxylic acids is 2. The van der Waals surface area contributed by atoms with Gasteiger partial charge in [0.1, 0.15) is 5.82 Å². The number of nitrogens with zero attached hydrogens (tertiary/aromatic N) is 2. The van der Waals surface area contributed by atoms with Gasteiger partial charge in [-0.05, 0) is 48.9 Å². The summed E-state index contributed by atoms with van der Waals surface area (Å²) < 4.78 is 39.9. The molecule has 0 unspecified atom stereocenters. The van der Waals surface area contributed by atoms with E-state index < -0.39 is 21.7 Å². The Hall–Kier alpha value is -2.94. The highest BCUT2D eigenvalue weighted by Crippen LogP contribution is 2.23. The van der Waals surface area contributed by atoms with Crippen LogP contribution in [0.3, 0.4) is 0 Å².